The highest BCUT2D eigenvalue weighted by Crippen LogP contribution is 2.27. The molecule has 0 heterocycles. The summed E-state index contributed by atoms with van der Waals surface area (Å²) in [6.07, 6.45) is 1.48. The molecule has 5 heteroatoms. The number of nitrogens with two attached hydrogens (primary N) is 1. The van der Waals surface area contributed by atoms with Gasteiger partial charge in [0, 0.05) is 6.04 Å². The molecule has 0 fully saturated rings. The maximum absolute atomic E-state index is 6.22. The second-order valence-electron chi connectivity index (χ2n) is 4.84. The van der Waals surface area contributed by atoms with Crippen LogP contribution in [-0.4, -0.2) is 13.2 Å². The molecule has 112 valence electrons. The first-order chi connectivity index (χ1) is 10.1. The average Bonchev–Trinajstić information content (AvgIpc) is 2.51. The van der Waals surface area contributed by atoms with Crippen molar-refractivity contribution < 1.29 is 4.74 Å². The fourth-order valence-electron chi connectivity index (χ4n) is 2.25. The van der Waals surface area contributed by atoms with Gasteiger partial charge < -0.3 is 4.74 Å². The molecule has 0 aliphatic rings. The van der Waals surface area contributed by atoms with Gasteiger partial charge in [-0.15, -0.1) is 0 Å². The van der Waals surface area contributed by atoms with Crippen LogP contribution in [0.1, 0.15) is 11.1 Å². The van der Waals surface area contributed by atoms with Crippen LogP contribution in [0.15, 0.2) is 42.5 Å². The van der Waals surface area contributed by atoms with Gasteiger partial charge in [0.05, 0.1) is 17.2 Å². The van der Waals surface area contributed by atoms with E-state index in [2.05, 4.69) is 5.43 Å². The van der Waals surface area contributed by atoms with E-state index in [9.17, 15) is 0 Å². The normalized spacial score (nSPS) is 12.2. The molecule has 3 nitrogen and oxygen atoms in total. The molecular formula is C16H18Cl2N2O. The van der Waals surface area contributed by atoms with Gasteiger partial charge in [-0.05, 0) is 42.2 Å². The first-order valence-electron chi connectivity index (χ1n) is 6.66. The number of hydrogen-bond donors (Lipinski definition) is 2. The third-order valence-electron chi connectivity index (χ3n) is 3.35. The molecule has 0 saturated carbocycles. The van der Waals surface area contributed by atoms with Crippen LogP contribution in [0, 0.1) is 0 Å². The molecular weight excluding hydrogens is 307 g/mol. The molecule has 1 unspecified atom stereocenters. The molecule has 3 N–H and O–H groups in total. The van der Waals surface area contributed by atoms with Crippen molar-refractivity contribution in [1.29, 1.82) is 0 Å². The Balaban J connectivity index is 2.11. The van der Waals surface area contributed by atoms with E-state index in [4.69, 9.17) is 33.8 Å². The van der Waals surface area contributed by atoms with Gasteiger partial charge in [-0.2, -0.15) is 0 Å². The predicted molar refractivity (Wildman–Crippen MR) is 88.0 cm³/mol. The summed E-state index contributed by atoms with van der Waals surface area (Å²) in [4.78, 5) is 0. The van der Waals surface area contributed by atoms with Crippen molar-refractivity contribution >= 4 is 23.2 Å². The molecule has 0 amide bonds. The van der Waals surface area contributed by atoms with E-state index in [0.717, 1.165) is 23.3 Å². The van der Waals surface area contributed by atoms with Crippen LogP contribution < -0.4 is 16.0 Å². The maximum atomic E-state index is 6.22. The van der Waals surface area contributed by atoms with Crippen molar-refractivity contribution in [2.24, 2.45) is 5.84 Å². The Labute approximate surface area is 135 Å². The standard InChI is InChI=1S/C16H18Cl2N2O/c1-21-14-6-2-4-11(9-14)8-13(20-19)10-12-5-3-7-15(17)16(12)18/h2-7,9,13,20H,8,10,19H2,1H3. The lowest BCUT2D eigenvalue weighted by molar-refractivity contribution is 0.413. The number of nitrogens with one attached hydrogen (secondary N) is 1. The predicted octanol–water partition coefficient (Wildman–Crippen LogP) is 3.62. The number of rotatable bonds is 6. The molecule has 0 saturated heterocycles. The fraction of sp³-hybridized carbons (Fsp3) is 0.250. The van der Waals surface area contributed by atoms with Crippen molar-refractivity contribution in [3.63, 3.8) is 0 Å². The van der Waals surface area contributed by atoms with E-state index < -0.39 is 0 Å². The summed E-state index contributed by atoms with van der Waals surface area (Å²) >= 11 is 12.3. The van der Waals surface area contributed by atoms with Gasteiger partial charge in [-0.25, -0.2) is 0 Å². The highest BCUT2D eigenvalue weighted by atomic mass is 35.5. The van der Waals surface area contributed by atoms with E-state index in [1.165, 1.54) is 0 Å². The summed E-state index contributed by atoms with van der Waals surface area (Å²) in [5.74, 6) is 6.51. The Morgan fingerprint density at radius 2 is 1.90 bits per heavy atom. The number of methoxy groups -OCH3 is 1. The average molecular weight is 325 g/mol. The third-order valence-corrected chi connectivity index (χ3v) is 4.21. The van der Waals surface area contributed by atoms with Gasteiger partial charge >= 0.3 is 0 Å². The number of benzene rings is 2. The molecule has 2 aromatic carbocycles. The zero-order valence-corrected chi connectivity index (χ0v) is 13.3. The Hall–Kier alpha value is -1.26. The Kier molecular flexibility index (Phi) is 5.88. The number of hydrazine groups is 1. The van der Waals surface area contributed by atoms with E-state index in [-0.39, 0.29) is 6.04 Å². The second-order valence-corrected chi connectivity index (χ2v) is 5.62. The van der Waals surface area contributed by atoms with Crippen molar-refractivity contribution in [3.8, 4) is 5.75 Å². The topological polar surface area (TPSA) is 47.3 Å². The van der Waals surface area contributed by atoms with E-state index in [1.807, 2.05) is 36.4 Å². The van der Waals surface area contributed by atoms with Crippen LogP contribution >= 0.6 is 23.2 Å². The van der Waals surface area contributed by atoms with Gasteiger partial charge in [0.1, 0.15) is 5.75 Å². The second kappa shape index (κ2) is 7.66. The zero-order chi connectivity index (χ0) is 15.2. The summed E-state index contributed by atoms with van der Waals surface area (Å²) in [7, 11) is 1.66. The van der Waals surface area contributed by atoms with Crippen LogP contribution in [0.4, 0.5) is 0 Å². The first kappa shape index (κ1) is 16.1. The lowest BCUT2D eigenvalue weighted by Crippen LogP contribution is -2.38. The molecule has 2 rings (SSSR count). The number of ether oxygens (including phenoxy) is 1. The first-order valence-corrected chi connectivity index (χ1v) is 7.41. The monoisotopic (exact) mass is 324 g/mol. The highest BCUT2D eigenvalue weighted by Gasteiger charge is 2.13. The molecule has 0 aliphatic carbocycles. The van der Waals surface area contributed by atoms with Gasteiger partial charge in [0.25, 0.3) is 0 Å². The Morgan fingerprint density at radius 3 is 2.62 bits per heavy atom. The molecule has 0 spiro atoms. The van der Waals surface area contributed by atoms with Crippen molar-refractivity contribution in [2.45, 2.75) is 18.9 Å². The third kappa shape index (κ3) is 4.35. The van der Waals surface area contributed by atoms with Gasteiger partial charge in [-0.3, -0.25) is 11.3 Å². The zero-order valence-electron chi connectivity index (χ0n) is 11.8. The Morgan fingerprint density at radius 1 is 1.14 bits per heavy atom. The summed E-state index contributed by atoms with van der Waals surface area (Å²) in [6.45, 7) is 0. The van der Waals surface area contributed by atoms with Gasteiger partial charge in [0.2, 0.25) is 0 Å². The molecule has 0 aliphatic heterocycles. The van der Waals surface area contributed by atoms with Crippen LogP contribution in [-0.2, 0) is 12.8 Å². The summed E-state index contributed by atoms with van der Waals surface area (Å²) in [5.41, 5.74) is 4.97. The fourth-order valence-corrected chi connectivity index (χ4v) is 2.64. The summed E-state index contributed by atoms with van der Waals surface area (Å²) in [5, 5.41) is 1.15. The van der Waals surface area contributed by atoms with E-state index in [1.54, 1.807) is 13.2 Å². The van der Waals surface area contributed by atoms with Crippen molar-refractivity contribution in [1.82, 2.24) is 5.43 Å². The van der Waals surface area contributed by atoms with Gasteiger partial charge in [0.15, 0.2) is 0 Å². The molecule has 21 heavy (non-hydrogen) atoms. The van der Waals surface area contributed by atoms with Crippen molar-refractivity contribution in [3.05, 3.63) is 63.6 Å². The van der Waals surface area contributed by atoms with Crippen LogP contribution in [0.25, 0.3) is 0 Å². The number of hydrogen-bond acceptors (Lipinski definition) is 3. The lowest BCUT2D eigenvalue weighted by Gasteiger charge is -2.17. The lowest BCUT2D eigenvalue weighted by atomic mass is 9.99. The molecule has 1 atom stereocenters. The highest BCUT2D eigenvalue weighted by molar-refractivity contribution is 6.42. The maximum Gasteiger partial charge on any atom is 0.119 e. The summed E-state index contributed by atoms with van der Waals surface area (Å²) in [6, 6.07) is 13.6. The van der Waals surface area contributed by atoms with E-state index >= 15 is 0 Å². The van der Waals surface area contributed by atoms with Crippen LogP contribution in [0.3, 0.4) is 0 Å². The van der Waals surface area contributed by atoms with Crippen molar-refractivity contribution in [2.75, 3.05) is 7.11 Å². The Bertz CT molecular complexity index is 605. The minimum absolute atomic E-state index is 0.0630. The minimum atomic E-state index is 0.0630. The molecule has 0 radical (unpaired) electrons. The van der Waals surface area contributed by atoms with E-state index in [0.29, 0.717) is 16.5 Å². The molecule has 0 bridgehead atoms. The SMILES string of the molecule is COc1cccc(CC(Cc2cccc(Cl)c2Cl)NN)c1. The minimum Gasteiger partial charge on any atom is -0.497 e. The molecule has 0 aromatic heterocycles. The van der Waals surface area contributed by atoms with Gasteiger partial charge in [-0.1, -0.05) is 47.5 Å². The van der Waals surface area contributed by atoms with Crippen LogP contribution in [0.5, 0.6) is 5.75 Å². The molecule has 2 aromatic rings. The quantitative estimate of drug-likeness (QED) is 0.630. The summed E-state index contributed by atoms with van der Waals surface area (Å²) < 4.78 is 5.23. The smallest absolute Gasteiger partial charge is 0.119 e. The largest absolute Gasteiger partial charge is 0.497 e. The van der Waals surface area contributed by atoms with Crippen LogP contribution in [0.2, 0.25) is 10.0 Å². The number of halogens is 2.